The third-order valence-electron chi connectivity index (χ3n) is 6.50. The first-order valence-corrected chi connectivity index (χ1v) is 14.6. The highest BCUT2D eigenvalue weighted by atomic mass is 28.4. The zero-order chi connectivity index (χ0) is 18.7. The van der Waals surface area contributed by atoms with E-state index in [1.165, 1.54) is 0 Å². The monoisotopic (exact) mass is 390 g/mol. The lowest BCUT2D eigenvalue weighted by atomic mass is 10.5. The first-order chi connectivity index (χ1) is 13.2. The van der Waals surface area contributed by atoms with E-state index in [2.05, 4.69) is 86.8 Å². The van der Waals surface area contributed by atoms with Crippen molar-refractivity contribution in [2.24, 2.45) is 0 Å². The predicted octanol–water partition coefficient (Wildman–Crippen LogP) is 6.64. The smallest absolute Gasteiger partial charge is 0.237 e. The average Bonchev–Trinajstić information content (AvgIpc) is 3.52. The molecule has 0 unspecified atom stereocenters. The SMILES string of the molecule is CC[Si](O[Si](CC)(C1=CC=CC1)C1=CC=CC1)(C1=CC=CC1)C1=CC=CC1. The standard InChI is InChI=1S/C24H30OSi2/c1-3-26(21-13-5-6-14-21,22-15-7-8-16-22)25-27(4-2,23-17-9-10-18-23)24-19-11-12-20-24/h5-13,15,17,19H,3-4,14,16,18,20H2,1-2H3. The molecule has 0 aromatic heterocycles. The van der Waals surface area contributed by atoms with Crippen molar-refractivity contribution in [3.63, 3.8) is 0 Å². The molecule has 4 rings (SSSR count). The van der Waals surface area contributed by atoms with Crippen molar-refractivity contribution < 1.29 is 4.12 Å². The summed E-state index contributed by atoms with van der Waals surface area (Å²) in [4.78, 5) is 0. The minimum atomic E-state index is -2.17. The molecule has 0 amide bonds. The lowest BCUT2D eigenvalue weighted by Gasteiger charge is -2.45. The van der Waals surface area contributed by atoms with Crippen molar-refractivity contribution in [1.29, 1.82) is 0 Å². The summed E-state index contributed by atoms with van der Waals surface area (Å²) in [5.41, 5.74) is 0. The van der Waals surface area contributed by atoms with Gasteiger partial charge in [-0.1, -0.05) is 86.8 Å². The molecule has 1 nitrogen and oxygen atoms in total. The minimum absolute atomic E-state index is 1.07. The van der Waals surface area contributed by atoms with Crippen LogP contribution in [0.1, 0.15) is 39.5 Å². The Balaban J connectivity index is 1.81. The van der Waals surface area contributed by atoms with Gasteiger partial charge in [0.15, 0.2) is 0 Å². The van der Waals surface area contributed by atoms with E-state index in [1.807, 2.05) is 0 Å². The normalized spacial score (nSPS) is 21.1. The van der Waals surface area contributed by atoms with Gasteiger partial charge in [0.05, 0.1) is 0 Å². The molecule has 0 aliphatic heterocycles. The lowest BCUT2D eigenvalue weighted by Crippen LogP contribution is -2.56. The Bertz CT molecular complexity index is 716. The first-order valence-electron chi connectivity index (χ1n) is 10.4. The minimum Gasteiger partial charge on any atom is -0.442 e. The van der Waals surface area contributed by atoms with Crippen LogP contribution in [0.2, 0.25) is 12.1 Å². The number of hydrogen-bond acceptors (Lipinski definition) is 1. The van der Waals surface area contributed by atoms with Crippen LogP contribution >= 0.6 is 0 Å². The molecule has 0 atom stereocenters. The Morgan fingerprint density at radius 3 is 1.07 bits per heavy atom. The van der Waals surface area contributed by atoms with Crippen molar-refractivity contribution in [1.82, 2.24) is 0 Å². The molecule has 0 bridgehead atoms. The molecule has 140 valence electrons. The molecule has 0 aromatic rings. The Labute approximate surface area is 166 Å². The molecule has 0 radical (unpaired) electrons. The molecule has 0 aromatic carbocycles. The second-order valence-electron chi connectivity index (χ2n) is 7.76. The van der Waals surface area contributed by atoms with Gasteiger partial charge in [0, 0.05) is 0 Å². The summed E-state index contributed by atoms with van der Waals surface area (Å²) >= 11 is 0. The summed E-state index contributed by atoms with van der Waals surface area (Å²) in [6.45, 7) is 4.73. The van der Waals surface area contributed by atoms with E-state index in [0.717, 1.165) is 37.8 Å². The van der Waals surface area contributed by atoms with E-state index in [1.54, 1.807) is 20.8 Å². The molecular weight excluding hydrogens is 360 g/mol. The lowest BCUT2D eigenvalue weighted by molar-refractivity contribution is 0.543. The summed E-state index contributed by atoms with van der Waals surface area (Å²) in [6.07, 6.45) is 31.9. The maximum absolute atomic E-state index is 7.70. The van der Waals surface area contributed by atoms with Gasteiger partial charge in [-0.05, 0) is 58.6 Å². The van der Waals surface area contributed by atoms with Crippen LogP contribution in [0.3, 0.4) is 0 Å². The van der Waals surface area contributed by atoms with Gasteiger partial charge in [0.1, 0.15) is 0 Å². The highest BCUT2D eigenvalue weighted by Gasteiger charge is 2.51. The fourth-order valence-electron chi connectivity index (χ4n) is 5.01. The highest BCUT2D eigenvalue weighted by Crippen LogP contribution is 2.45. The van der Waals surface area contributed by atoms with Crippen LogP contribution in [0, 0.1) is 0 Å². The molecule has 0 saturated heterocycles. The fraction of sp³-hybridized carbons (Fsp3) is 0.333. The Kier molecular flexibility index (Phi) is 5.35. The predicted molar refractivity (Wildman–Crippen MR) is 121 cm³/mol. The first kappa shape index (κ1) is 18.7. The molecule has 0 N–H and O–H groups in total. The second-order valence-corrected chi connectivity index (χ2v) is 15.9. The number of rotatable bonds is 8. The molecule has 0 spiro atoms. The largest absolute Gasteiger partial charge is 0.442 e. The van der Waals surface area contributed by atoms with Crippen LogP contribution in [0.4, 0.5) is 0 Å². The summed E-state index contributed by atoms with van der Waals surface area (Å²) in [5, 5.41) is 6.29. The van der Waals surface area contributed by atoms with Gasteiger partial charge in [-0.3, -0.25) is 0 Å². The molecule has 4 aliphatic rings. The zero-order valence-corrected chi connectivity index (χ0v) is 18.6. The summed E-state index contributed by atoms with van der Waals surface area (Å²) in [7, 11) is -4.35. The summed E-state index contributed by atoms with van der Waals surface area (Å²) < 4.78 is 7.70. The van der Waals surface area contributed by atoms with Crippen molar-refractivity contribution >= 4 is 16.6 Å². The van der Waals surface area contributed by atoms with Gasteiger partial charge in [-0.25, -0.2) is 0 Å². The van der Waals surface area contributed by atoms with Gasteiger partial charge in [-0.15, -0.1) is 0 Å². The molecule has 3 heteroatoms. The topological polar surface area (TPSA) is 9.23 Å². The highest BCUT2D eigenvalue weighted by molar-refractivity contribution is 7.00. The molecule has 27 heavy (non-hydrogen) atoms. The zero-order valence-electron chi connectivity index (χ0n) is 16.6. The molecule has 0 saturated carbocycles. The van der Waals surface area contributed by atoms with Gasteiger partial charge >= 0.3 is 0 Å². The van der Waals surface area contributed by atoms with Gasteiger partial charge in [0.25, 0.3) is 0 Å². The van der Waals surface area contributed by atoms with Crippen LogP contribution < -0.4 is 0 Å². The van der Waals surface area contributed by atoms with Gasteiger partial charge < -0.3 is 4.12 Å². The van der Waals surface area contributed by atoms with E-state index in [4.69, 9.17) is 4.12 Å². The van der Waals surface area contributed by atoms with Crippen molar-refractivity contribution in [3.8, 4) is 0 Å². The summed E-state index contributed by atoms with van der Waals surface area (Å²) in [6, 6.07) is 2.26. The Morgan fingerprint density at radius 2 is 0.889 bits per heavy atom. The Hall–Kier alpha value is -1.69. The third-order valence-corrected chi connectivity index (χ3v) is 16.9. The van der Waals surface area contributed by atoms with E-state index in [9.17, 15) is 0 Å². The van der Waals surface area contributed by atoms with Crippen molar-refractivity contribution in [3.05, 3.63) is 93.7 Å². The maximum Gasteiger partial charge on any atom is 0.237 e. The number of hydrogen-bond donors (Lipinski definition) is 0. The van der Waals surface area contributed by atoms with Crippen LogP contribution in [-0.4, -0.2) is 16.6 Å². The van der Waals surface area contributed by atoms with Gasteiger partial charge in [0.2, 0.25) is 16.6 Å². The average molecular weight is 391 g/mol. The maximum atomic E-state index is 7.70. The van der Waals surface area contributed by atoms with E-state index in [-0.39, 0.29) is 0 Å². The molecule has 4 aliphatic carbocycles. The van der Waals surface area contributed by atoms with E-state index in [0.29, 0.717) is 0 Å². The summed E-state index contributed by atoms with van der Waals surface area (Å²) in [5.74, 6) is 0. The van der Waals surface area contributed by atoms with Crippen LogP contribution in [0.5, 0.6) is 0 Å². The second kappa shape index (κ2) is 7.74. The quantitative estimate of drug-likeness (QED) is 0.422. The number of allylic oxidation sites excluding steroid dienone is 16. The van der Waals surface area contributed by atoms with E-state index >= 15 is 0 Å². The molecule has 0 fully saturated rings. The van der Waals surface area contributed by atoms with Crippen LogP contribution in [0.25, 0.3) is 0 Å². The fourth-order valence-corrected chi connectivity index (χ4v) is 16.5. The van der Waals surface area contributed by atoms with E-state index < -0.39 is 16.6 Å². The van der Waals surface area contributed by atoms with Crippen LogP contribution in [0.15, 0.2) is 93.7 Å². The van der Waals surface area contributed by atoms with Gasteiger partial charge in [-0.2, -0.15) is 0 Å². The van der Waals surface area contributed by atoms with Crippen molar-refractivity contribution in [2.45, 2.75) is 51.6 Å². The van der Waals surface area contributed by atoms with Crippen molar-refractivity contribution in [2.75, 3.05) is 0 Å². The Morgan fingerprint density at radius 1 is 0.593 bits per heavy atom. The molecule has 0 heterocycles. The van der Waals surface area contributed by atoms with Crippen LogP contribution in [-0.2, 0) is 4.12 Å². The third kappa shape index (κ3) is 3.12. The molecular formula is C24H30OSi2.